The lowest BCUT2D eigenvalue weighted by Crippen LogP contribution is -2.50. The van der Waals surface area contributed by atoms with Crippen molar-refractivity contribution in [2.24, 2.45) is 5.92 Å². The third kappa shape index (κ3) is 6.71. The summed E-state index contributed by atoms with van der Waals surface area (Å²) < 4.78 is 33.9. The number of nitrogens with one attached hydrogen (secondary N) is 1. The molecule has 1 aliphatic rings. The van der Waals surface area contributed by atoms with Gasteiger partial charge in [0, 0.05) is 31.9 Å². The fourth-order valence-electron chi connectivity index (χ4n) is 4.05. The highest BCUT2D eigenvalue weighted by molar-refractivity contribution is 7.89. The van der Waals surface area contributed by atoms with E-state index in [4.69, 9.17) is 4.74 Å². The Morgan fingerprint density at radius 1 is 1.00 bits per heavy atom. The molecule has 0 saturated carbocycles. The molecule has 0 spiro atoms. The van der Waals surface area contributed by atoms with Crippen LogP contribution in [0.3, 0.4) is 0 Å². The zero-order chi connectivity index (χ0) is 24.0. The maximum Gasteiger partial charge on any atom is 0.241 e. The first kappa shape index (κ1) is 25.1. The number of hydrogen-bond donors (Lipinski definition) is 1. The van der Waals surface area contributed by atoms with Crippen LogP contribution in [-0.2, 0) is 14.8 Å². The lowest BCUT2D eigenvalue weighted by atomic mass is 10.0. The molecule has 1 amide bonds. The Labute approximate surface area is 197 Å². The summed E-state index contributed by atoms with van der Waals surface area (Å²) in [6.07, 6.45) is 1.26. The molecular weight excluding hydrogens is 438 g/mol. The second kappa shape index (κ2) is 11.0. The Kier molecular flexibility index (Phi) is 8.37. The largest absolute Gasteiger partial charge is 0.497 e. The number of amides is 1. The Hall–Kier alpha value is -2.58. The lowest BCUT2D eigenvalue weighted by Gasteiger charge is -2.28. The maximum atomic E-state index is 13.4. The first-order valence-electron chi connectivity index (χ1n) is 11.5. The average Bonchev–Trinajstić information content (AvgIpc) is 3.04. The summed E-state index contributed by atoms with van der Waals surface area (Å²) in [5.41, 5.74) is 2.07. The van der Waals surface area contributed by atoms with Gasteiger partial charge < -0.3 is 14.5 Å². The fraction of sp³-hybridized carbons (Fsp3) is 0.480. The van der Waals surface area contributed by atoms with Crippen molar-refractivity contribution in [3.8, 4) is 5.75 Å². The van der Waals surface area contributed by atoms with Gasteiger partial charge in [-0.05, 0) is 62.1 Å². The zero-order valence-electron chi connectivity index (χ0n) is 20.0. The lowest BCUT2D eigenvalue weighted by molar-refractivity contribution is -0.133. The van der Waals surface area contributed by atoms with Crippen molar-refractivity contribution in [3.05, 3.63) is 54.1 Å². The van der Waals surface area contributed by atoms with Crippen LogP contribution in [-0.4, -0.2) is 58.6 Å². The van der Waals surface area contributed by atoms with Gasteiger partial charge in [0.05, 0.1) is 12.0 Å². The van der Waals surface area contributed by atoms with Crippen LogP contribution < -0.4 is 14.4 Å². The molecule has 0 aliphatic carbocycles. The van der Waals surface area contributed by atoms with Gasteiger partial charge in [0.25, 0.3) is 0 Å². The Morgan fingerprint density at radius 3 is 2.27 bits per heavy atom. The first-order chi connectivity index (χ1) is 15.7. The van der Waals surface area contributed by atoms with E-state index in [9.17, 15) is 13.2 Å². The zero-order valence-corrected chi connectivity index (χ0v) is 20.8. The molecule has 0 radical (unpaired) electrons. The van der Waals surface area contributed by atoms with E-state index in [1.807, 2.05) is 45.0 Å². The number of methoxy groups -OCH3 is 1. The second-order valence-corrected chi connectivity index (χ2v) is 10.7. The predicted molar refractivity (Wildman–Crippen MR) is 131 cm³/mol. The van der Waals surface area contributed by atoms with Crippen molar-refractivity contribution >= 4 is 21.6 Å². The number of hydrogen-bond acceptors (Lipinski definition) is 5. The SMILES string of the molecule is COc1ccc(N2CCCN(C(=O)C(CC(C)C)NS(=O)(=O)c3ccc(C)cc3)CC2)cc1. The van der Waals surface area contributed by atoms with Crippen LogP contribution in [0, 0.1) is 12.8 Å². The highest BCUT2D eigenvalue weighted by Gasteiger charge is 2.31. The van der Waals surface area contributed by atoms with E-state index in [-0.39, 0.29) is 16.7 Å². The van der Waals surface area contributed by atoms with Crippen LogP contribution in [0.5, 0.6) is 5.75 Å². The number of benzene rings is 2. The van der Waals surface area contributed by atoms with Crippen molar-refractivity contribution in [3.63, 3.8) is 0 Å². The average molecular weight is 474 g/mol. The summed E-state index contributed by atoms with van der Waals surface area (Å²) in [6.45, 7) is 8.57. The van der Waals surface area contributed by atoms with Crippen molar-refractivity contribution in [1.82, 2.24) is 9.62 Å². The molecule has 0 bridgehead atoms. The van der Waals surface area contributed by atoms with Gasteiger partial charge in [0.2, 0.25) is 15.9 Å². The molecule has 0 aromatic heterocycles. The highest BCUT2D eigenvalue weighted by Crippen LogP contribution is 2.21. The molecule has 1 fully saturated rings. The normalized spacial score (nSPS) is 15.9. The van der Waals surface area contributed by atoms with Crippen molar-refractivity contribution in [2.45, 2.75) is 44.6 Å². The second-order valence-electron chi connectivity index (χ2n) is 8.98. The molecular formula is C25H35N3O4S. The van der Waals surface area contributed by atoms with Crippen LogP contribution >= 0.6 is 0 Å². The number of aryl methyl sites for hydroxylation is 1. The van der Waals surface area contributed by atoms with Gasteiger partial charge in [-0.25, -0.2) is 8.42 Å². The number of anilines is 1. The molecule has 7 nitrogen and oxygen atoms in total. The summed E-state index contributed by atoms with van der Waals surface area (Å²) in [7, 11) is -2.15. The summed E-state index contributed by atoms with van der Waals surface area (Å²) in [5, 5.41) is 0. The van der Waals surface area contributed by atoms with E-state index in [0.29, 0.717) is 26.1 Å². The third-order valence-corrected chi connectivity index (χ3v) is 7.37. The summed E-state index contributed by atoms with van der Waals surface area (Å²) in [4.78, 5) is 17.7. The van der Waals surface area contributed by atoms with E-state index < -0.39 is 16.1 Å². The number of carbonyl (C=O) groups is 1. The van der Waals surface area contributed by atoms with Gasteiger partial charge in [-0.2, -0.15) is 4.72 Å². The minimum Gasteiger partial charge on any atom is -0.497 e. The molecule has 1 saturated heterocycles. The fourth-order valence-corrected chi connectivity index (χ4v) is 5.26. The van der Waals surface area contributed by atoms with Gasteiger partial charge in [-0.3, -0.25) is 4.79 Å². The Morgan fingerprint density at radius 2 is 1.67 bits per heavy atom. The molecule has 2 aromatic rings. The van der Waals surface area contributed by atoms with Gasteiger partial charge >= 0.3 is 0 Å². The quantitative estimate of drug-likeness (QED) is 0.635. The third-order valence-electron chi connectivity index (χ3n) is 5.88. The number of carbonyl (C=O) groups excluding carboxylic acids is 1. The maximum absolute atomic E-state index is 13.4. The summed E-state index contributed by atoms with van der Waals surface area (Å²) in [6, 6.07) is 13.8. The van der Waals surface area contributed by atoms with Crippen molar-refractivity contribution < 1.29 is 17.9 Å². The Bertz CT molecular complexity index is 1020. The van der Waals surface area contributed by atoms with Crippen LogP contribution in [0.1, 0.15) is 32.3 Å². The van der Waals surface area contributed by atoms with E-state index >= 15 is 0 Å². The van der Waals surface area contributed by atoms with Crippen LogP contribution in [0.25, 0.3) is 0 Å². The number of sulfonamides is 1. The molecule has 3 rings (SSSR count). The number of ether oxygens (including phenoxy) is 1. The smallest absolute Gasteiger partial charge is 0.241 e. The van der Waals surface area contributed by atoms with E-state index in [2.05, 4.69) is 9.62 Å². The van der Waals surface area contributed by atoms with Crippen molar-refractivity contribution in [2.75, 3.05) is 38.2 Å². The molecule has 180 valence electrons. The molecule has 1 aliphatic heterocycles. The van der Waals surface area contributed by atoms with Gasteiger partial charge in [0.1, 0.15) is 11.8 Å². The van der Waals surface area contributed by atoms with E-state index in [0.717, 1.165) is 30.0 Å². The molecule has 1 heterocycles. The van der Waals surface area contributed by atoms with Gasteiger partial charge in [0.15, 0.2) is 0 Å². The standard InChI is InChI=1S/C25H35N3O4S/c1-19(2)18-24(26-33(30,31)23-12-6-20(3)7-13-23)25(29)28-15-5-14-27(16-17-28)21-8-10-22(32-4)11-9-21/h6-13,19,24,26H,5,14-18H2,1-4H3. The molecule has 1 N–H and O–H groups in total. The van der Waals surface area contributed by atoms with Crippen LogP contribution in [0.2, 0.25) is 0 Å². The monoisotopic (exact) mass is 473 g/mol. The molecule has 2 aromatic carbocycles. The molecule has 8 heteroatoms. The number of nitrogens with zero attached hydrogens (tertiary/aromatic N) is 2. The number of rotatable bonds is 8. The molecule has 1 atom stereocenters. The summed E-state index contributed by atoms with van der Waals surface area (Å²) in [5.74, 6) is 0.821. The highest BCUT2D eigenvalue weighted by atomic mass is 32.2. The molecule has 1 unspecified atom stereocenters. The summed E-state index contributed by atoms with van der Waals surface area (Å²) >= 11 is 0. The minimum absolute atomic E-state index is 0.157. The van der Waals surface area contributed by atoms with Crippen molar-refractivity contribution in [1.29, 1.82) is 0 Å². The van der Waals surface area contributed by atoms with Gasteiger partial charge in [-0.1, -0.05) is 31.5 Å². The predicted octanol–water partition coefficient (Wildman–Crippen LogP) is 3.44. The minimum atomic E-state index is -3.79. The van der Waals surface area contributed by atoms with E-state index in [1.54, 1.807) is 36.3 Å². The molecule has 33 heavy (non-hydrogen) atoms. The topological polar surface area (TPSA) is 79.0 Å². The van der Waals surface area contributed by atoms with Crippen LogP contribution in [0.4, 0.5) is 5.69 Å². The first-order valence-corrected chi connectivity index (χ1v) is 12.9. The van der Waals surface area contributed by atoms with Crippen LogP contribution in [0.15, 0.2) is 53.4 Å². The Balaban J connectivity index is 1.71. The van der Waals surface area contributed by atoms with Gasteiger partial charge in [-0.15, -0.1) is 0 Å². The van der Waals surface area contributed by atoms with E-state index in [1.165, 1.54) is 0 Å².